The summed E-state index contributed by atoms with van der Waals surface area (Å²) in [6.45, 7) is 12.0. The van der Waals surface area contributed by atoms with Gasteiger partial charge in [0, 0.05) is 25.4 Å². The number of nitrogens with zero attached hydrogens (tertiary/aromatic N) is 1. The largest absolute Gasteiger partial charge is 0.493 e. The second kappa shape index (κ2) is 13.4. The summed E-state index contributed by atoms with van der Waals surface area (Å²) in [6, 6.07) is 7.58. The highest BCUT2D eigenvalue weighted by Crippen LogP contribution is 2.35. The zero-order valence-corrected chi connectivity index (χ0v) is 22.0. The molecule has 35 heavy (non-hydrogen) atoms. The summed E-state index contributed by atoms with van der Waals surface area (Å²) in [6.07, 6.45) is 5.25. The minimum atomic E-state index is -1.83. The average Bonchev–Trinajstić information content (AvgIpc) is 2.83. The Bertz CT molecular complexity index is 920. The number of methoxy groups -OCH3 is 1. The van der Waals surface area contributed by atoms with Crippen molar-refractivity contribution in [1.29, 1.82) is 0 Å². The maximum absolute atomic E-state index is 12.9. The minimum Gasteiger partial charge on any atom is -0.493 e. The summed E-state index contributed by atoms with van der Waals surface area (Å²) in [5.41, 5.74) is -0.886. The van der Waals surface area contributed by atoms with Gasteiger partial charge in [-0.1, -0.05) is 58.4 Å². The molecule has 1 aliphatic rings. The molecule has 194 valence electrons. The van der Waals surface area contributed by atoms with E-state index in [4.69, 9.17) is 14.2 Å². The van der Waals surface area contributed by atoms with E-state index in [2.05, 4.69) is 11.8 Å². The van der Waals surface area contributed by atoms with Crippen LogP contribution < -0.4 is 9.47 Å². The van der Waals surface area contributed by atoms with Crippen LogP contribution in [-0.2, 0) is 14.3 Å². The second-order valence-electron chi connectivity index (χ2n) is 9.58. The number of benzene rings is 1. The number of hydrogen-bond acceptors (Lipinski definition) is 7. The van der Waals surface area contributed by atoms with Crippen LogP contribution in [0.2, 0.25) is 0 Å². The van der Waals surface area contributed by atoms with Gasteiger partial charge in [-0.3, -0.25) is 14.5 Å². The van der Waals surface area contributed by atoms with E-state index in [1.807, 2.05) is 30.3 Å². The molecule has 1 aliphatic carbocycles. The SMILES string of the molecule is CCCN(CCOc1ccccc1OC)CCC1=CC=C(OC(=O)C(C)C)C(O)(C(=O)C(C)C)C1. The summed E-state index contributed by atoms with van der Waals surface area (Å²) in [5.74, 6) is -0.128. The van der Waals surface area contributed by atoms with Gasteiger partial charge >= 0.3 is 5.97 Å². The van der Waals surface area contributed by atoms with E-state index < -0.39 is 17.5 Å². The first kappa shape index (κ1) is 28.6. The molecule has 0 fully saturated rings. The fraction of sp³-hybridized carbons (Fsp3) is 0.571. The summed E-state index contributed by atoms with van der Waals surface area (Å²) in [7, 11) is 1.62. The second-order valence-corrected chi connectivity index (χ2v) is 9.58. The van der Waals surface area contributed by atoms with Crippen molar-refractivity contribution >= 4 is 11.8 Å². The molecule has 1 atom stereocenters. The quantitative estimate of drug-likeness (QED) is 0.386. The highest BCUT2D eigenvalue weighted by Gasteiger charge is 2.45. The summed E-state index contributed by atoms with van der Waals surface area (Å²) < 4.78 is 16.7. The van der Waals surface area contributed by atoms with Crippen LogP contribution in [-0.4, -0.2) is 60.7 Å². The molecule has 1 aromatic carbocycles. The number of carbonyl (C=O) groups is 2. The van der Waals surface area contributed by atoms with Crippen molar-refractivity contribution in [2.75, 3.05) is 33.4 Å². The van der Waals surface area contributed by atoms with Crippen LogP contribution in [0.4, 0.5) is 0 Å². The molecule has 0 spiro atoms. The molecule has 1 N–H and O–H groups in total. The molecule has 0 saturated heterocycles. The van der Waals surface area contributed by atoms with E-state index in [0.29, 0.717) is 24.5 Å². The number of aliphatic hydroxyl groups is 1. The maximum atomic E-state index is 12.9. The van der Waals surface area contributed by atoms with Gasteiger partial charge < -0.3 is 19.3 Å². The van der Waals surface area contributed by atoms with E-state index in [1.165, 1.54) is 0 Å². The number of allylic oxidation sites excluding steroid dienone is 2. The fourth-order valence-corrected chi connectivity index (χ4v) is 3.98. The van der Waals surface area contributed by atoms with Crippen molar-refractivity contribution in [2.24, 2.45) is 11.8 Å². The number of ether oxygens (including phenoxy) is 3. The molecule has 1 unspecified atom stereocenters. The van der Waals surface area contributed by atoms with Gasteiger partial charge in [0.25, 0.3) is 0 Å². The monoisotopic (exact) mass is 487 g/mol. The predicted octanol–water partition coefficient (Wildman–Crippen LogP) is 4.55. The first-order valence-corrected chi connectivity index (χ1v) is 12.5. The fourth-order valence-electron chi connectivity index (χ4n) is 3.98. The van der Waals surface area contributed by atoms with Crippen LogP contribution in [0.15, 0.2) is 47.7 Å². The number of Topliss-reactive ketones (excluding diaryl/α,β-unsaturated/α-hetero) is 1. The van der Waals surface area contributed by atoms with Crippen molar-refractivity contribution in [3.05, 3.63) is 47.7 Å². The van der Waals surface area contributed by atoms with Crippen LogP contribution in [0.25, 0.3) is 0 Å². The van der Waals surface area contributed by atoms with E-state index in [1.54, 1.807) is 40.9 Å². The number of esters is 1. The predicted molar refractivity (Wildman–Crippen MR) is 136 cm³/mol. The minimum absolute atomic E-state index is 0.0225. The topological polar surface area (TPSA) is 85.3 Å². The summed E-state index contributed by atoms with van der Waals surface area (Å²) in [4.78, 5) is 27.4. The van der Waals surface area contributed by atoms with Crippen molar-refractivity contribution in [3.63, 3.8) is 0 Å². The maximum Gasteiger partial charge on any atom is 0.313 e. The number of rotatable bonds is 14. The first-order chi connectivity index (χ1) is 16.6. The lowest BCUT2D eigenvalue weighted by atomic mass is 9.79. The van der Waals surface area contributed by atoms with E-state index in [-0.39, 0.29) is 23.9 Å². The van der Waals surface area contributed by atoms with Crippen LogP contribution in [0.5, 0.6) is 11.5 Å². The van der Waals surface area contributed by atoms with Gasteiger partial charge in [0.05, 0.1) is 13.0 Å². The number of para-hydroxylation sites is 2. The molecule has 2 rings (SSSR count). The molecule has 0 aliphatic heterocycles. The Labute approximate surface area is 209 Å². The van der Waals surface area contributed by atoms with Gasteiger partial charge in [-0.05, 0) is 37.6 Å². The molecule has 0 bridgehead atoms. The highest BCUT2D eigenvalue weighted by molar-refractivity contribution is 5.93. The zero-order valence-electron chi connectivity index (χ0n) is 22.0. The Morgan fingerprint density at radius 3 is 2.31 bits per heavy atom. The van der Waals surface area contributed by atoms with E-state index >= 15 is 0 Å². The molecule has 0 aromatic heterocycles. The number of ketones is 1. The van der Waals surface area contributed by atoms with Gasteiger partial charge in [0.2, 0.25) is 0 Å². The van der Waals surface area contributed by atoms with Crippen molar-refractivity contribution in [2.45, 2.75) is 59.5 Å². The first-order valence-electron chi connectivity index (χ1n) is 12.5. The summed E-state index contributed by atoms with van der Waals surface area (Å²) in [5, 5.41) is 11.4. The third kappa shape index (κ3) is 7.94. The molecular formula is C28H41NO6. The van der Waals surface area contributed by atoms with Crippen LogP contribution in [0.1, 0.15) is 53.9 Å². The molecule has 7 nitrogen and oxygen atoms in total. The van der Waals surface area contributed by atoms with Gasteiger partial charge in [-0.15, -0.1) is 0 Å². The molecule has 1 aromatic rings. The molecule has 0 radical (unpaired) electrons. The normalized spacial score (nSPS) is 17.9. The lowest BCUT2D eigenvalue weighted by Crippen LogP contribution is -2.46. The van der Waals surface area contributed by atoms with Crippen LogP contribution in [0.3, 0.4) is 0 Å². The summed E-state index contributed by atoms with van der Waals surface area (Å²) >= 11 is 0. The number of carbonyl (C=O) groups excluding carboxylic acids is 2. The smallest absolute Gasteiger partial charge is 0.313 e. The van der Waals surface area contributed by atoms with Gasteiger partial charge in [0.15, 0.2) is 22.9 Å². The van der Waals surface area contributed by atoms with E-state index in [9.17, 15) is 14.7 Å². The van der Waals surface area contributed by atoms with Crippen molar-refractivity contribution < 1.29 is 28.9 Å². The third-order valence-electron chi connectivity index (χ3n) is 6.00. The molecule has 0 heterocycles. The number of hydrogen-bond donors (Lipinski definition) is 1. The molecule has 7 heteroatoms. The Balaban J connectivity index is 2.05. The average molecular weight is 488 g/mol. The van der Waals surface area contributed by atoms with E-state index in [0.717, 1.165) is 31.6 Å². The Morgan fingerprint density at radius 2 is 1.71 bits per heavy atom. The van der Waals surface area contributed by atoms with Crippen molar-refractivity contribution in [1.82, 2.24) is 4.90 Å². The van der Waals surface area contributed by atoms with Crippen molar-refractivity contribution in [3.8, 4) is 11.5 Å². The Hall–Kier alpha value is -2.64. The van der Waals surface area contributed by atoms with Gasteiger partial charge in [-0.25, -0.2) is 0 Å². The van der Waals surface area contributed by atoms with Crippen LogP contribution >= 0.6 is 0 Å². The standard InChI is InChI=1S/C28H41NO6/c1-7-15-29(17-18-34-24-11-9-8-10-23(24)33-6)16-14-22-12-13-25(35-27(31)21(4)5)28(32,19-22)26(30)20(2)3/h8-13,20-21,32H,7,14-19H2,1-6H3. The Morgan fingerprint density at radius 1 is 1.03 bits per heavy atom. The Kier molecular flexibility index (Phi) is 11.0. The molecule has 0 saturated carbocycles. The molecular weight excluding hydrogens is 446 g/mol. The lowest BCUT2D eigenvalue weighted by molar-refractivity contribution is -0.152. The lowest BCUT2D eigenvalue weighted by Gasteiger charge is -2.34. The van der Waals surface area contributed by atoms with Gasteiger partial charge in [0.1, 0.15) is 12.4 Å². The van der Waals surface area contributed by atoms with Gasteiger partial charge in [-0.2, -0.15) is 0 Å². The van der Waals surface area contributed by atoms with Crippen LogP contribution in [0, 0.1) is 11.8 Å². The third-order valence-corrected chi connectivity index (χ3v) is 6.00. The highest BCUT2D eigenvalue weighted by atomic mass is 16.6. The molecule has 0 amide bonds. The zero-order chi connectivity index (χ0) is 26.0.